The Hall–Kier alpha value is -1.48. The van der Waals surface area contributed by atoms with Crippen LogP contribution in [0.15, 0.2) is 30.5 Å². The first-order valence-corrected chi connectivity index (χ1v) is 7.10. The van der Waals surface area contributed by atoms with Gasteiger partial charge in [0, 0.05) is 34.7 Å². The molecular formula is C15H17ClN2O. The Kier molecular flexibility index (Phi) is 3.23. The first-order chi connectivity index (χ1) is 9.19. The average Bonchev–Trinajstić information content (AvgIpc) is 3.14. The van der Waals surface area contributed by atoms with Gasteiger partial charge in [-0.05, 0) is 44.0 Å². The molecule has 1 aromatic heterocycles. The molecule has 0 aliphatic heterocycles. The summed E-state index contributed by atoms with van der Waals surface area (Å²) in [4.78, 5) is 14.3. The molecule has 4 heteroatoms. The zero-order valence-electron chi connectivity index (χ0n) is 11.0. The summed E-state index contributed by atoms with van der Waals surface area (Å²) >= 11 is 5.97. The molecule has 0 radical (unpaired) electrons. The maximum absolute atomic E-state index is 12.3. The molecule has 1 aliphatic rings. The van der Waals surface area contributed by atoms with Crippen LogP contribution in [0.1, 0.15) is 19.8 Å². The number of benzene rings is 1. The van der Waals surface area contributed by atoms with Crippen molar-refractivity contribution in [2.45, 2.75) is 32.4 Å². The van der Waals surface area contributed by atoms with Gasteiger partial charge in [0.25, 0.3) is 0 Å². The fraction of sp³-hybridized carbons (Fsp3) is 0.400. The second kappa shape index (κ2) is 4.89. The molecule has 3 nitrogen and oxygen atoms in total. The van der Waals surface area contributed by atoms with Crippen LogP contribution in [0.2, 0.25) is 5.02 Å². The molecule has 100 valence electrons. The third-order valence-electron chi connectivity index (χ3n) is 3.69. The summed E-state index contributed by atoms with van der Waals surface area (Å²) in [5.41, 5.74) is 1.06. The van der Waals surface area contributed by atoms with Gasteiger partial charge in [0.1, 0.15) is 6.54 Å². The summed E-state index contributed by atoms with van der Waals surface area (Å²) in [5.74, 6) is 0.206. The predicted molar refractivity (Wildman–Crippen MR) is 77.4 cm³/mol. The Balaban J connectivity index is 1.82. The number of carbonyl (C=O) groups is 1. The van der Waals surface area contributed by atoms with Crippen molar-refractivity contribution >= 4 is 28.4 Å². The van der Waals surface area contributed by atoms with Crippen LogP contribution in [-0.2, 0) is 11.3 Å². The van der Waals surface area contributed by atoms with E-state index < -0.39 is 0 Å². The lowest BCUT2D eigenvalue weighted by Gasteiger charge is -2.20. The number of aromatic nitrogens is 1. The Morgan fingerprint density at radius 3 is 2.89 bits per heavy atom. The van der Waals surface area contributed by atoms with Crippen LogP contribution in [0.3, 0.4) is 0 Å². The lowest BCUT2D eigenvalue weighted by atomic mass is 10.2. The Morgan fingerprint density at radius 1 is 1.42 bits per heavy atom. The summed E-state index contributed by atoms with van der Waals surface area (Å²) in [6.07, 6.45) is 4.27. The molecule has 19 heavy (non-hydrogen) atoms. The van der Waals surface area contributed by atoms with Crippen LogP contribution < -0.4 is 0 Å². The molecular weight excluding hydrogens is 260 g/mol. The number of nitrogens with zero attached hydrogens (tertiary/aromatic N) is 2. The molecule has 3 rings (SSSR count). The maximum atomic E-state index is 12.3. The fourth-order valence-electron chi connectivity index (χ4n) is 2.57. The standard InChI is InChI=1S/C15H17ClN2O/c1-2-18(13-4-5-13)15(19)10-17-8-7-11-9-12(16)3-6-14(11)17/h3,6-9,13H,2,4-5,10H2,1H3. The highest BCUT2D eigenvalue weighted by molar-refractivity contribution is 6.31. The highest BCUT2D eigenvalue weighted by Crippen LogP contribution is 2.27. The molecule has 1 aliphatic carbocycles. The van der Waals surface area contributed by atoms with E-state index in [1.54, 1.807) is 0 Å². The molecule has 1 saturated carbocycles. The van der Waals surface area contributed by atoms with Gasteiger partial charge in [-0.2, -0.15) is 0 Å². The summed E-state index contributed by atoms with van der Waals surface area (Å²) < 4.78 is 2.00. The van der Waals surface area contributed by atoms with Crippen molar-refractivity contribution in [3.63, 3.8) is 0 Å². The zero-order chi connectivity index (χ0) is 13.4. The molecule has 0 bridgehead atoms. The molecule has 1 amide bonds. The van der Waals surface area contributed by atoms with E-state index in [0.29, 0.717) is 12.6 Å². The lowest BCUT2D eigenvalue weighted by molar-refractivity contribution is -0.132. The highest BCUT2D eigenvalue weighted by Gasteiger charge is 2.31. The van der Waals surface area contributed by atoms with E-state index in [0.717, 1.165) is 35.3 Å². The number of fused-ring (bicyclic) bond motifs is 1. The van der Waals surface area contributed by atoms with Crippen molar-refractivity contribution in [1.29, 1.82) is 0 Å². The summed E-state index contributed by atoms with van der Waals surface area (Å²) in [7, 11) is 0. The van der Waals surface area contributed by atoms with Gasteiger partial charge in [-0.1, -0.05) is 11.6 Å². The van der Waals surface area contributed by atoms with E-state index in [1.807, 2.05) is 46.9 Å². The molecule has 0 spiro atoms. The zero-order valence-corrected chi connectivity index (χ0v) is 11.7. The van der Waals surface area contributed by atoms with E-state index in [-0.39, 0.29) is 5.91 Å². The van der Waals surface area contributed by atoms with Crippen LogP contribution in [0.25, 0.3) is 10.9 Å². The van der Waals surface area contributed by atoms with Crippen LogP contribution >= 0.6 is 11.6 Å². The number of amides is 1. The number of hydrogen-bond donors (Lipinski definition) is 0. The predicted octanol–water partition coefficient (Wildman–Crippen LogP) is 3.31. The van der Waals surface area contributed by atoms with Crippen LogP contribution in [0.4, 0.5) is 0 Å². The minimum Gasteiger partial charge on any atom is -0.338 e. The molecule has 0 unspecified atom stereocenters. The van der Waals surface area contributed by atoms with E-state index >= 15 is 0 Å². The monoisotopic (exact) mass is 276 g/mol. The third kappa shape index (κ3) is 2.47. The summed E-state index contributed by atoms with van der Waals surface area (Å²) in [6, 6.07) is 8.24. The topological polar surface area (TPSA) is 25.2 Å². The number of likely N-dealkylation sites (N-methyl/N-ethyl adjacent to an activating group) is 1. The van der Waals surface area contributed by atoms with Gasteiger partial charge in [-0.15, -0.1) is 0 Å². The van der Waals surface area contributed by atoms with E-state index in [9.17, 15) is 4.79 Å². The highest BCUT2D eigenvalue weighted by atomic mass is 35.5. The smallest absolute Gasteiger partial charge is 0.242 e. The molecule has 1 fully saturated rings. The second-order valence-corrected chi connectivity index (χ2v) is 5.49. The van der Waals surface area contributed by atoms with Crippen LogP contribution in [0.5, 0.6) is 0 Å². The molecule has 2 aromatic rings. The fourth-order valence-corrected chi connectivity index (χ4v) is 2.75. The maximum Gasteiger partial charge on any atom is 0.242 e. The average molecular weight is 277 g/mol. The van der Waals surface area contributed by atoms with Gasteiger partial charge >= 0.3 is 0 Å². The van der Waals surface area contributed by atoms with Crippen molar-refractivity contribution in [2.75, 3.05) is 6.54 Å². The first kappa shape index (κ1) is 12.5. The minimum atomic E-state index is 0.206. The number of hydrogen-bond acceptors (Lipinski definition) is 1. The van der Waals surface area contributed by atoms with Crippen molar-refractivity contribution < 1.29 is 4.79 Å². The van der Waals surface area contributed by atoms with E-state index in [2.05, 4.69) is 0 Å². The second-order valence-electron chi connectivity index (χ2n) is 5.06. The minimum absolute atomic E-state index is 0.206. The molecule has 0 atom stereocenters. The summed E-state index contributed by atoms with van der Waals surface area (Å²) in [5, 5.41) is 1.81. The lowest BCUT2D eigenvalue weighted by Crippen LogP contribution is -2.35. The molecule has 1 aromatic carbocycles. The number of carbonyl (C=O) groups excluding carboxylic acids is 1. The van der Waals surface area contributed by atoms with Gasteiger partial charge < -0.3 is 9.47 Å². The van der Waals surface area contributed by atoms with Gasteiger partial charge in [0.2, 0.25) is 5.91 Å². The molecule has 1 heterocycles. The Morgan fingerprint density at radius 2 is 2.21 bits per heavy atom. The largest absolute Gasteiger partial charge is 0.338 e. The quantitative estimate of drug-likeness (QED) is 0.841. The van der Waals surface area contributed by atoms with Crippen molar-refractivity contribution in [3.05, 3.63) is 35.5 Å². The van der Waals surface area contributed by atoms with Crippen LogP contribution in [-0.4, -0.2) is 28.0 Å². The van der Waals surface area contributed by atoms with E-state index in [1.165, 1.54) is 0 Å². The van der Waals surface area contributed by atoms with Gasteiger partial charge in [0.15, 0.2) is 0 Å². The van der Waals surface area contributed by atoms with Crippen molar-refractivity contribution in [3.8, 4) is 0 Å². The Labute approximate surface area is 117 Å². The Bertz CT molecular complexity index is 616. The van der Waals surface area contributed by atoms with Crippen molar-refractivity contribution in [1.82, 2.24) is 9.47 Å². The molecule has 0 N–H and O–H groups in total. The van der Waals surface area contributed by atoms with Gasteiger partial charge in [0.05, 0.1) is 0 Å². The normalized spacial score (nSPS) is 14.8. The van der Waals surface area contributed by atoms with Crippen LogP contribution in [0, 0.1) is 0 Å². The van der Waals surface area contributed by atoms with Gasteiger partial charge in [-0.3, -0.25) is 4.79 Å². The SMILES string of the molecule is CCN(C(=O)Cn1ccc2cc(Cl)ccc21)C1CC1. The number of rotatable bonds is 4. The summed E-state index contributed by atoms with van der Waals surface area (Å²) in [6.45, 7) is 3.26. The van der Waals surface area contributed by atoms with E-state index in [4.69, 9.17) is 11.6 Å². The molecule has 0 saturated heterocycles. The van der Waals surface area contributed by atoms with Crippen molar-refractivity contribution in [2.24, 2.45) is 0 Å². The third-order valence-corrected chi connectivity index (χ3v) is 3.92. The van der Waals surface area contributed by atoms with Gasteiger partial charge in [-0.25, -0.2) is 0 Å². The first-order valence-electron chi connectivity index (χ1n) is 6.73. The number of halogens is 1.